The Morgan fingerprint density at radius 1 is 1.20 bits per heavy atom. The van der Waals surface area contributed by atoms with E-state index in [0.717, 1.165) is 22.2 Å². The Morgan fingerprint density at radius 3 is 2.60 bits per heavy atom. The molecule has 184 valence electrons. The van der Waals surface area contributed by atoms with E-state index in [0.29, 0.717) is 43.4 Å². The second-order valence-electron chi connectivity index (χ2n) is 7.71. The molecular weight excluding hydrogens is 499 g/mol. The number of hydrogen-bond acceptors (Lipinski definition) is 7. The average Bonchev–Trinajstić information content (AvgIpc) is 3.11. The molecule has 2 fully saturated rings. The lowest BCUT2D eigenvalue weighted by Crippen LogP contribution is -2.46. The van der Waals surface area contributed by atoms with Crippen molar-refractivity contribution in [3.05, 3.63) is 63.3 Å². The molecule has 2 saturated heterocycles. The van der Waals surface area contributed by atoms with Crippen LogP contribution in [-0.4, -0.2) is 66.8 Å². The van der Waals surface area contributed by atoms with Crippen molar-refractivity contribution in [2.45, 2.75) is 6.61 Å². The maximum atomic E-state index is 13.1. The standard InChI is InChI=1S/C24H22ClFN2O6S/c1-32-19-11-16(10-18(25)22(19)34-14-15-2-4-17(26)5-3-15)12-20-23(30)28(24(31)35-20)13-21(29)27-6-8-33-9-7-27/h2-5,10-12H,6-9,13-14H2,1H3/b20-12-. The fourth-order valence-electron chi connectivity index (χ4n) is 3.54. The third-order valence-electron chi connectivity index (χ3n) is 5.38. The summed E-state index contributed by atoms with van der Waals surface area (Å²) in [5.41, 5.74) is 1.26. The number of halogens is 2. The maximum absolute atomic E-state index is 13.1. The van der Waals surface area contributed by atoms with Crippen LogP contribution in [0.25, 0.3) is 6.08 Å². The molecule has 0 aromatic heterocycles. The first-order valence-electron chi connectivity index (χ1n) is 10.7. The summed E-state index contributed by atoms with van der Waals surface area (Å²) in [6.07, 6.45) is 1.52. The number of carbonyl (C=O) groups excluding carboxylic acids is 3. The molecule has 3 amide bonds. The summed E-state index contributed by atoms with van der Waals surface area (Å²) < 4.78 is 29.5. The van der Waals surface area contributed by atoms with E-state index >= 15 is 0 Å². The van der Waals surface area contributed by atoms with Gasteiger partial charge in [0.15, 0.2) is 11.5 Å². The summed E-state index contributed by atoms with van der Waals surface area (Å²) in [5, 5.41) is -0.278. The summed E-state index contributed by atoms with van der Waals surface area (Å²) in [5.74, 6) is -0.575. The van der Waals surface area contributed by atoms with Gasteiger partial charge in [0.05, 0.1) is 30.3 Å². The highest BCUT2D eigenvalue weighted by molar-refractivity contribution is 8.18. The van der Waals surface area contributed by atoms with Gasteiger partial charge >= 0.3 is 0 Å². The smallest absolute Gasteiger partial charge is 0.294 e. The fraction of sp³-hybridized carbons (Fsp3) is 0.292. The molecule has 2 aliphatic heterocycles. The number of imide groups is 1. The van der Waals surface area contributed by atoms with Crippen LogP contribution in [0.1, 0.15) is 11.1 Å². The molecule has 2 aliphatic rings. The lowest BCUT2D eigenvalue weighted by molar-refractivity contribution is -0.139. The van der Waals surface area contributed by atoms with Crippen molar-refractivity contribution in [2.75, 3.05) is 40.0 Å². The molecule has 0 radical (unpaired) electrons. The zero-order valence-corrected chi connectivity index (χ0v) is 20.4. The number of methoxy groups -OCH3 is 1. The molecule has 35 heavy (non-hydrogen) atoms. The van der Waals surface area contributed by atoms with Gasteiger partial charge in [-0.2, -0.15) is 0 Å². The van der Waals surface area contributed by atoms with Gasteiger partial charge in [-0.1, -0.05) is 23.7 Å². The van der Waals surface area contributed by atoms with Crippen LogP contribution in [0.2, 0.25) is 5.02 Å². The number of ether oxygens (including phenoxy) is 3. The van der Waals surface area contributed by atoms with E-state index in [2.05, 4.69) is 0 Å². The molecule has 11 heteroatoms. The molecule has 4 rings (SSSR count). The van der Waals surface area contributed by atoms with Crippen molar-refractivity contribution in [3.8, 4) is 11.5 Å². The quantitative estimate of drug-likeness (QED) is 0.511. The first-order valence-corrected chi connectivity index (χ1v) is 11.9. The average molecular weight is 521 g/mol. The number of hydrogen-bond donors (Lipinski definition) is 0. The molecule has 2 aromatic rings. The minimum Gasteiger partial charge on any atom is -0.493 e. The van der Waals surface area contributed by atoms with E-state index in [9.17, 15) is 18.8 Å². The van der Waals surface area contributed by atoms with E-state index in [1.54, 1.807) is 29.2 Å². The van der Waals surface area contributed by atoms with E-state index in [4.69, 9.17) is 25.8 Å². The normalized spacial score (nSPS) is 17.3. The number of thioether (sulfide) groups is 1. The topological polar surface area (TPSA) is 85.4 Å². The largest absolute Gasteiger partial charge is 0.493 e. The lowest BCUT2D eigenvalue weighted by atomic mass is 10.1. The Kier molecular flexibility index (Phi) is 7.94. The minimum atomic E-state index is -0.548. The molecule has 0 atom stereocenters. The molecule has 2 aromatic carbocycles. The third-order valence-corrected chi connectivity index (χ3v) is 6.56. The highest BCUT2D eigenvalue weighted by atomic mass is 35.5. The Labute approximate surface area is 210 Å². The van der Waals surface area contributed by atoms with Crippen molar-refractivity contribution in [3.63, 3.8) is 0 Å². The Hall–Kier alpha value is -3.08. The highest BCUT2D eigenvalue weighted by Crippen LogP contribution is 2.39. The number of nitrogens with zero attached hydrogens (tertiary/aromatic N) is 2. The van der Waals surface area contributed by atoms with Crippen LogP contribution in [0.3, 0.4) is 0 Å². The SMILES string of the molecule is COc1cc(/C=C2\SC(=O)N(CC(=O)N3CCOCC3)C2=O)cc(Cl)c1OCc1ccc(F)cc1. The zero-order valence-electron chi connectivity index (χ0n) is 18.8. The molecule has 0 aliphatic carbocycles. The Balaban J connectivity index is 1.47. The third kappa shape index (κ3) is 5.95. The van der Waals surface area contributed by atoms with E-state index in [1.165, 1.54) is 25.3 Å². The van der Waals surface area contributed by atoms with Gasteiger partial charge in [-0.05, 0) is 53.2 Å². The van der Waals surface area contributed by atoms with Crippen LogP contribution in [-0.2, 0) is 20.9 Å². The van der Waals surface area contributed by atoms with Crippen LogP contribution >= 0.6 is 23.4 Å². The molecule has 0 spiro atoms. The van der Waals surface area contributed by atoms with Gasteiger partial charge in [0.1, 0.15) is 19.0 Å². The number of amides is 3. The molecule has 0 bridgehead atoms. The van der Waals surface area contributed by atoms with Gasteiger partial charge in [-0.25, -0.2) is 4.39 Å². The van der Waals surface area contributed by atoms with Crippen molar-refractivity contribution in [1.29, 1.82) is 0 Å². The second kappa shape index (κ2) is 11.1. The molecule has 0 N–H and O–H groups in total. The van der Waals surface area contributed by atoms with Gasteiger partial charge in [-0.15, -0.1) is 0 Å². The van der Waals surface area contributed by atoms with Crippen LogP contribution in [0.5, 0.6) is 11.5 Å². The van der Waals surface area contributed by atoms with Crippen molar-refractivity contribution in [2.24, 2.45) is 0 Å². The van der Waals surface area contributed by atoms with Crippen LogP contribution in [0, 0.1) is 5.82 Å². The molecule has 0 unspecified atom stereocenters. The first-order chi connectivity index (χ1) is 16.9. The van der Waals surface area contributed by atoms with Crippen molar-refractivity contribution < 1.29 is 33.0 Å². The van der Waals surface area contributed by atoms with Crippen LogP contribution < -0.4 is 9.47 Å². The maximum Gasteiger partial charge on any atom is 0.294 e. The van der Waals surface area contributed by atoms with Gasteiger partial charge in [-0.3, -0.25) is 19.3 Å². The molecule has 2 heterocycles. The Bertz CT molecular complexity index is 1170. The van der Waals surface area contributed by atoms with E-state index < -0.39 is 11.1 Å². The molecule has 0 saturated carbocycles. The molecular formula is C24H22ClFN2O6S. The van der Waals surface area contributed by atoms with Crippen LogP contribution in [0.4, 0.5) is 9.18 Å². The van der Waals surface area contributed by atoms with Gasteiger partial charge in [0.25, 0.3) is 11.1 Å². The lowest BCUT2D eigenvalue weighted by Gasteiger charge is -2.28. The number of benzene rings is 2. The predicted octanol–water partition coefficient (Wildman–Crippen LogP) is 3.96. The van der Waals surface area contributed by atoms with E-state index in [1.807, 2.05) is 0 Å². The fourth-order valence-corrected chi connectivity index (χ4v) is 4.65. The monoisotopic (exact) mass is 520 g/mol. The summed E-state index contributed by atoms with van der Waals surface area (Å²) >= 11 is 7.17. The summed E-state index contributed by atoms with van der Waals surface area (Å²) in [4.78, 5) is 40.4. The minimum absolute atomic E-state index is 0.145. The van der Waals surface area contributed by atoms with Crippen molar-refractivity contribution in [1.82, 2.24) is 9.80 Å². The summed E-state index contributed by atoms with van der Waals surface area (Å²) in [6, 6.07) is 9.08. The van der Waals surface area contributed by atoms with Crippen molar-refractivity contribution >= 4 is 46.5 Å². The number of carbonyl (C=O) groups is 3. The Morgan fingerprint density at radius 2 is 1.91 bits per heavy atom. The second-order valence-corrected chi connectivity index (χ2v) is 9.11. The van der Waals surface area contributed by atoms with Crippen LogP contribution in [0.15, 0.2) is 41.3 Å². The van der Waals surface area contributed by atoms with Gasteiger partial charge in [0.2, 0.25) is 5.91 Å². The number of rotatable bonds is 7. The number of morpholine rings is 1. The van der Waals surface area contributed by atoms with Gasteiger partial charge < -0.3 is 19.1 Å². The summed E-state index contributed by atoms with van der Waals surface area (Å²) in [7, 11) is 1.45. The predicted molar refractivity (Wildman–Crippen MR) is 129 cm³/mol. The summed E-state index contributed by atoms with van der Waals surface area (Å²) in [6.45, 7) is 1.55. The van der Waals surface area contributed by atoms with Gasteiger partial charge in [0, 0.05) is 13.1 Å². The first kappa shape index (κ1) is 25.0. The highest BCUT2D eigenvalue weighted by Gasteiger charge is 2.37. The van der Waals surface area contributed by atoms with E-state index in [-0.39, 0.29) is 34.8 Å². The zero-order chi connectivity index (χ0) is 24.9. The molecule has 8 nitrogen and oxygen atoms in total.